The molecule has 0 spiro atoms. The summed E-state index contributed by atoms with van der Waals surface area (Å²) < 4.78 is 0. The molecule has 1 aliphatic heterocycles. The van der Waals surface area contributed by atoms with Gasteiger partial charge in [-0.15, -0.1) is 0 Å². The zero-order valence-electron chi connectivity index (χ0n) is 11.5. The zero-order chi connectivity index (χ0) is 13.1. The number of hydrogen-bond donors (Lipinski definition) is 1. The Morgan fingerprint density at radius 2 is 2.06 bits per heavy atom. The van der Waals surface area contributed by atoms with Gasteiger partial charge in [-0.05, 0) is 31.0 Å². The van der Waals surface area contributed by atoms with Crippen molar-refractivity contribution < 1.29 is 0 Å². The van der Waals surface area contributed by atoms with Crippen LogP contribution in [0.4, 0.5) is 5.82 Å². The van der Waals surface area contributed by atoms with E-state index in [1.54, 1.807) is 0 Å². The molecule has 1 aromatic rings. The van der Waals surface area contributed by atoms with E-state index < -0.39 is 0 Å². The predicted octanol–water partition coefficient (Wildman–Crippen LogP) is 2.22. The fraction of sp³-hybridized carbons (Fsp3) is 0.643. The van der Waals surface area contributed by atoms with Gasteiger partial charge in [-0.3, -0.25) is 0 Å². The van der Waals surface area contributed by atoms with E-state index in [-0.39, 0.29) is 0 Å². The first kappa shape index (κ1) is 13.7. The molecule has 1 fully saturated rings. The van der Waals surface area contributed by atoms with E-state index >= 15 is 0 Å². The van der Waals surface area contributed by atoms with E-state index in [4.69, 9.17) is 5.73 Å². The molecular weight excluding hydrogens is 242 g/mol. The highest BCUT2D eigenvalue weighted by Crippen LogP contribution is 2.29. The molecule has 2 rings (SSSR count). The van der Waals surface area contributed by atoms with Gasteiger partial charge >= 0.3 is 0 Å². The van der Waals surface area contributed by atoms with E-state index in [0.29, 0.717) is 17.0 Å². The molecule has 0 aliphatic carbocycles. The Hall–Kier alpha value is -0.740. The van der Waals surface area contributed by atoms with Crippen LogP contribution >= 0.6 is 11.8 Å². The number of pyridine rings is 1. The summed E-state index contributed by atoms with van der Waals surface area (Å²) in [4.78, 5) is 7.07. The fourth-order valence-electron chi connectivity index (χ4n) is 2.61. The molecule has 1 aliphatic rings. The molecule has 18 heavy (non-hydrogen) atoms. The predicted molar refractivity (Wildman–Crippen MR) is 80.5 cm³/mol. The lowest BCUT2D eigenvalue weighted by atomic mass is 10.1. The molecule has 3 nitrogen and oxygen atoms in total. The number of aryl methyl sites for hydroxylation is 1. The van der Waals surface area contributed by atoms with Gasteiger partial charge in [0.05, 0.1) is 0 Å². The summed E-state index contributed by atoms with van der Waals surface area (Å²) in [7, 11) is 0. The fourth-order valence-corrected chi connectivity index (χ4v) is 3.94. The van der Waals surface area contributed by atoms with Crippen LogP contribution in [0.3, 0.4) is 0 Å². The number of anilines is 1. The van der Waals surface area contributed by atoms with Gasteiger partial charge in [-0.1, -0.05) is 19.9 Å². The summed E-state index contributed by atoms with van der Waals surface area (Å²) in [6.07, 6.45) is 2.89. The van der Waals surface area contributed by atoms with Crippen molar-refractivity contribution in [1.82, 2.24) is 4.98 Å². The molecule has 2 N–H and O–H groups in total. The minimum atomic E-state index is 0.679. The van der Waals surface area contributed by atoms with Crippen LogP contribution in [0.5, 0.6) is 0 Å². The SMILES string of the molecule is Cc1cc(CCN)cnc1N1CC(C)SC(C)C1. The monoisotopic (exact) mass is 265 g/mol. The Morgan fingerprint density at radius 3 is 2.61 bits per heavy atom. The van der Waals surface area contributed by atoms with Crippen LogP contribution in [0.15, 0.2) is 12.3 Å². The van der Waals surface area contributed by atoms with E-state index in [2.05, 4.69) is 48.5 Å². The normalized spacial score (nSPS) is 24.3. The summed E-state index contributed by atoms with van der Waals surface area (Å²) in [6.45, 7) is 9.63. The molecule has 2 heterocycles. The second kappa shape index (κ2) is 5.93. The van der Waals surface area contributed by atoms with E-state index in [1.807, 2.05) is 6.20 Å². The summed E-state index contributed by atoms with van der Waals surface area (Å²) >= 11 is 2.07. The topological polar surface area (TPSA) is 42.1 Å². The maximum Gasteiger partial charge on any atom is 0.131 e. The van der Waals surface area contributed by atoms with Crippen LogP contribution in [-0.2, 0) is 6.42 Å². The quantitative estimate of drug-likeness (QED) is 0.910. The van der Waals surface area contributed by atoms with Gasteiger partial charge in [0.25, 0.3) is 0 Å². The number of nitrogens with two attached hydrogens (primary N) is 1. The molecule has 0 radical (unpaired) electrons. The minimum absolute atomic E-state index is 0.679. The van der Waals surface area contributed by atoms with Gasteiger partial charge in [-0.25, -0.2) is 4.98 Å². The Kier molecular flexibility index (Phi) is 4.51. The third-order valence-corrected chi connectivity index (χ3v) is 4.49. The molecule has 2 atom stereocenters. The van der Waals surface area contributed by atoms with Crippen molar-refractivity contribution in [3.8, 4) is 0 Å². The van der Waals surface area contributed by atoms with Crippen molar-refractivity contribution in [2.75, 3.05) is 24.5 Å². The molecule has 100 valence electrons. The molecule has 1 saturated heterocycles. The number of rotatable bonds is 3. The summed E-state index contributed by atoms with van der Waals surface area (Å²) in [5.74, 6) is 1.15. The third-order valence-electron chi connectivity index (χ3n) is 3.26. The Morgan fingerprint density at radius 1 is 1.39 bits per heavy atom. The molecule has 2 unspecified atom stereocenters. The van der Waals surface area contributed by atoms with Crippen LogP contribution in [0.2, 0.25) is 0 Å². The van der Waals surface area contributed by atoms with Crippen molar-refractivity contribution in [1.29, 1.82) is 0 Å². The molecule has 0 bridgehead atoms. The van der Waals surface area contributed by atoms with Crippen LogP contribution in [-0.4, -0.2) is 35.1 Å². The highest BCUT2D eigenvalue weighted by atomic mass is 32.2. The summed E-state index contributed by atoms with van der Waals surface area (Å²) in [6, 6.07) is 2.23. The highest BCUT2D eigenvalue weighted by molar-refractivity contribution is 8.00. The first-order valence-corrected chi connectivity index (χ1v) is 7.60. The summed E-state index contributed by atoms with van der Waals surface area (Å²) in [5, 5.41) is 1.36. The average Bonchev–Trinajstić information content (AvgIpc) is 2.28. The number of hydrogen-bond acceptors (Lipinski definition) is 4. The standard InChI is InChI=1S/C14H23N3S/c1-10-6-13(4-5-15)7-16-14(10)17-8-11(2)18-12(3)9-17/h6-7,11-12H,4-5,8-9,15H2,1-3H3. The molecule has 0 amide bonds. The smallest absolute Gasteiger partial charge is 0.131 e. The second-order valence-electron chi connectivity index (χ2n) is 5.19. The molecular formula is C14H23N3S. The average molecular weight is 265 g/mol. The van der Waals surface area contributed by atoms with Crippen molar-refractivity contribution in [2.24, 2.45) is 5.73 Å². The molecule has 0 aromatic carbocycles. The van der Waals surface area contributed by atoms with Crippen molar-refractivity contribution in [3.05, 3.63) is 23.4 Å². The van der Waals surface area contributed by atoms with Gasteiger partial charge < -0.3 is 10.6 Å². The first-order valence-electron chi connectivity index (χ1n) is 6.66. The van der Waals surface area contributed by atoms with Gasteiger partial charge in [0.2, 0.25) is 0 Å². The van der Waals surface area contributed by atoms with E-state index in [1.165, 1.54) is 11.1 Å². The first-order chi connectivity index (χ1) is 8.60. The van der Waals surface area contributed by atoms with Crippen LogP contribution in [0.25, 0.3) is 0 Å². The molecule has 4 heteroatoms. The van der Waals surface area contributed by atoms with Gasteiger partial charge in [0, 0.05) is 29.8 Å². The molecule has 0 saturated carbocycles. The largest absolute Gasteiger partial charge is 0.354 e. The lowest BCUT2D eigenvalue weighted by Crippen LogP contribution is -2.41. The second-order valence-corrected chi connectivity index (χ2v) is 7.07. The Labute approximate surface area is 114 Å². The van der Waals surface area contributed by atoms with Crippen molar-refractivity contribution >= 4 is 17.6 Å². The zero-order valence-corrected chi connectivity index (χ0v) is 12.3. The van der Waals surface area contributed by atoms with E-state index in [0.717, 1.165) is 25.3 Å². The minimum Gasteiger partial charge on any atom is -0.354 e. The Bertz CT molecular complexity index is 398. The third kappa shape index (κ3) is 3.18. The van der Waals surface area contributed by atoms with Crippen LogP contribution in [0.1, 0.15) is 25.0 Å². The molecule has 1 aromatic heterocycles. The highest BCUT2D eigenvalue weighted by Gasteiger charge is 2.24. The number of aromatic nitrogens is 1. The van der Waals surface area contributed by atoms with Crippen LogP contribution < -0.4 is 10.6 Å². The maximum atomic E-state index is 5.59. The number of nitrogens with zero attached hydrogens (tertiary/aromatic N) is 2. The Balaban J connectivity index is 2.17. The van der Waals surface area contributed by atoms with Crippen molar-refractivity contribution in [3.63, 3.8) is 0 Å². The van der Waals surface area contributed by atoms with Crippen molar-refractivity contribution in [2.45, 2.75) is 37.7 Å². The summed E-state index contributed by atoms with van der Waals surface area (Å²) in [5.41, 5.74) is 8.10. The van der Waals surface area contributed by atoms with Crippen LogP contribution in [0, 0.1) is 6.92 Å². The lowest BCUT2D eigenvalue weighted by Gasteiger charge is -2.36. The lowest BCUT2D eigenvalue weighted by molar-refractivity contribution is 0.715. The number of thioether (sulfide) groups is 1. The van der Waals surface area contributed by atoms with Gasteiger partial charge in [0.15, 0.2) is 0 Å². The van der Waals surface area contributed by atoms with Gasteiger partial charge in [0.1, 0.15) is 5.82 Å². The van der Waals surface area contributed by atoms with E-state index in [9.17, 15) is 0 Å². The maximum absolute atomic E-state index is 5.59. The van der Waals surface area contributed by atoms with Gasteiger partial charge in [-0.2, -0.15) is 11.8 Å².